The second-order valence-corrected chi connectivity index (χ2v) is 0.632. The summed E-state index contributed by atoms with van der Waals surface area (Å²) in [4.78, 5) is 0. The van der Waals surface area contributed by atoms with E-state index < -0.39 is 0 Å². The monoisotopic (exact) mass is 318 g/mol. The van der Waals surface area contributed by atoms with Crippen LogP contribution in [0.25, 0.3) is 0 Å². The van der Waals surface area contributed by atoms with Crippen LogP contribution in [-0.2, 0) is 22.4 Å². The molecule has 10 heavy (non-hydrogen) atoms. The van der Waals surface area contributed by atoms with Crippen LogP contribution in [0.3, 0.4) is 0 Å². The van der Waals surface area contributed by atoms with Crippen LogP contribution in [0.1, 0.15) is 13.8 Å². The third-order valence-electron chi connectivity index (χ3n) is 0. The zero-order valence-corrected chi connectivity index (χ0v) is 11.0. The minimum absolute atomic E-state index is 0. The van der Waals surface area contributed by atoms with Crippen LogP contribution in [0.2, 0.25) is 0 Å². The van der Waals surface area contributed by atoms with Crippen LogP contribution < -0.4 is 0 Å². The molecule has 0 spiro atoms. The van der Waals surface area contributed by atoms with Gasteiger partial charge in [0.15, 0.2) is 0 Å². The molecule has 3 heteroatoms. The van der Waals surface area contributed by atoms with Gasteiger partial charge in [-0.05, 0) is 13.8 Å². The molecule has 0 rings (SSSR count). The average molecular weight is 318 g/mol. The summed E-state index contributed by atoms with van der Waals surface area (Å²) in [6.07, 6.45) is 0. The van der Waals surface area contributed by atoms with Crippen molar-refractivity contribution in [1.29, 1.82) is 0 Å². The van der Waals surface area contributed by atoms with E-state index in [4.69, 9.17) is 10.2 Å². The molecular weight excluding hydrogens is 297 g/mol. The van der Waals surface area contributed by atoms with Crippen LogP contribution in [0.5, 0.6) is 0 Å². The third kappa shape index (κ3) is 1170. The van der Waals surface area contributed by atoms with Crippen LogP contribution >= 0.6 is 0 Å². The standard InChI is InChI=1S/2C2H6O.3CH3.Ta/c2*1-2-3;;;;/h2*3H,2H2,1H3;3*1H3;/q;;3*-1;. The molecule has 0 aliphatic carbocycles. The van der Waals surface area contributed by atoms with E-state index in [1.54, 1.807) is 13.8 Å². The van der Waals surface area contributed by atoms with Gasteiger partial charge in [-0.3, -0.25) is 0 Å². The number of aliphatic hydroxyl groups is 2. The van der Waals surface area contributed by atoms with Crippen molar-refractivity contribution < 1.29 is 32.6 Å². The molecule has 0 aromatic rings. The van der Waals surface area contributed by atoms with E-state index in [1.807, 2.05) is 0 Å². The van der Waals surface area contributed by atoms with Gasteiger partial charge in [-0.25, -0.2) is 0 Å². The fourth-order valence-electron chi connectivity index (χ4n) is 0. The van der Waals surface area contributed by atoms with Crippen molar-refractivity contribution >= 4 is 0 Å². The molecule has 2 nitrogen and oxygen atoms in total. The van der Waals surface area contributed by atoms with E-state index in [9.17, 15) is 0 Å². The van der Waals surface area contributed by atoms with Gasteiger partial charge in [0, 0.05) is 35.6 Å². The summed E-state index contributed by atoms with van der Waals surface area (Å²) in [5.74, 6) is 0. The van der Waals surface area contributed by atoms with Crippen molar-refractivity contribution in [2.75, 3.05) is 13.2 Å². The number of rotatable bonds is 0. The van der Waals surface area contributed by atoms with Crippen molar-refractivity contribution in [3.63, 3.8) is 0 Å². The van der Waals surface area contributed by atoms with Crippen molar-refractivity contribution in [2.45, 2.75) is 13.8 Å². The molecule has 0 saturated carbocycles. The average Bonchev–Trinajstić information content (AvgIpc) is 1.39. The Labute approximate surface area is 82.2 Å². The summed E-state index contributed by atoms with van der Waals surface area (Å²) in [6.45, 7) is 3.86. The summed E-state index contributed by atoms with van der Waals surface area (Å²) in [5.41, 5.74) is 0. The van der Waals surface area contributed by atoms with Gasteiger partial charge in [-0.15, -0.1) is 0 Å². The van der Waals surface area contributed by atoms with Gasteiger partial charge in [-0.1, -0.05) is 0 Å². The molecule has 0 saturated heterocycles. The van der Waals surface area contributed by atoms with Gasteiger partial charge < -0.3 is 32.5 Å². The van der Waals surface area contributed by atoms with E-state index in [0.717, 1.165) is 0 Å². The molecule has 0 aromatic heterocycles. The summed E-state index contributed by atoms with van der Waals surface area (Å²) in [5, 5.41) is 15.1. The normalized spacial score (nSPS) is 3.60. The molecule has 0 bridgehead atoms. The minimum Gasteiger partial charge on any atom is -0.397 e. The maximum Gasteiger partial charge on any atom is 0.0402 e. The molecular formula is C7H21O2Ta-3. The largest absolute Gasteiger partial charge is 0.397 e. The maximum absolute atomic E-state index is 7.57. The Bertz CT molecular complexity index is 13.6. The van der Waals surface area contributed by atoms with E-state index in [2.05, 4.69) is 0 Å². The van der Waals surface area contributed by atoms with Gasteiger partial charge in [0.05, 0.1) is 0 Å². The topological polar surface area (TPSA) is 40.5 Å². The molecule has 0 heterocycles. The van der Waals surface area contributed by atoms with Crippen molar-refractivity contribution in [2.24, 2.45) is 0 Å². The smallest absolute Gasteiger partial charge is 0.0402 e. The van der Waals surface area contributed by atoms with Crippen LogP contribution in [0, 0.1) is 22.3 Å². The van der Waals surface area contributed by atoms with E-state index in [1.165, 1.54) is 0 Å². The Balaban J connectivity index is -0.00000000571. The van der Waals surface area contributed by atoms with Crippen LogP contribution in [0.15, 0.2) is 0 Å². The quantitative estimate of drug-likeness (QED) is 0.662. The Hall–Kier alpha value is 0.660. The molecule has 69 valence electrons. The van der Waals surface area contributed by atoms with Crippen molar-refractivity contribution in [3.8, 4) is 0 Å². The second-order valence-electron chi connectivity index (χ2n) is 0.632. The summed E-state index contributed by atoms with van der Waals surface area (Å²) in [6, 6.07) is 0. The zero-order chi connectivity index (χ0) is 5.41. The van der Waals surface area contributed by atoms with Gasteiger partial charge in [-0.2, -0.15) is 0 Å². The molecule has 1 radical (unpaired) electrons. The number of hydrogen-bond donors (Lipinski definition) is 2. The summed E-state index contributed by atoms with van der Waals surface area (Å²) < 4.78 is 0. The first kappa shape index (κ1) is 45.8. The van der Waals surface area contributed by atoms with Crippen LogP contribution in [0.4, 0.5) is 0 Å². The third-order valence-corrected chi connectivity index (χ3v) is 0. The molecule has 0 aromatic carbocycles. The van der Waals surface area contributed by atoms with Gasteiger partial charge in [0.1, 0.15) is 0 Å². The summed E-state index contributed by atoms with van der Waals surface area (Å²) >= 11 is 0. The van der Waals surface area contributed by atoms with E-state index >= 15 is 0 Å². The van der Waals surface area contributed by atoms with Crippen LogP contribution in [-0.4, -0.2) is 23.4 Å². The Kier molecular flexibility index (Phi) is 469. The molecule has 0 atom stereocenters. The fraction of sp³-hybridized carbons (Fsp3) is 0.571. The Morgan fingerprint density at radius 3 is 0.800 bits per heavy atom. The van der Waals surface area contributed by atoms with E-state index in [-0.39, 0.29) is 57.9 Å². The summed E-state index contributed by atoms with van der Waals surface area (Å²) in [7, 11) is 0. The minimum atomic E-state index is 0. The SMILES string of the molecule is CCO.CCO.[CH3-].[CH3-].[CH3-].[Ta]. The molecule has 0 amide bonds. The molecule has 2 N–H and O–H groups in total. The number of hydrogen-bond acceptors (Lipinski definition) is 2. The Morgan fingerprint density at radius 2 is 0.800 bits per heavy atom. The molecule has 0 aliphatic rings. The molecule has 0 aliphatic heterocycles. The fourth-order valence-corrected chi connectivity index (χ4v) is 0. The predicted octanol–water partition coefficient (Wildman–Crippen LogP) is 1.35. The van der Waals surface area contributed by atoms with Gasteiger partial charge in [0.25, 0.3) is 0 Å². The zero-order valence-electron chi connectivity index (χ0n) is 7.76. The first-order chi connectivity index (χ1) is 2.83. The predicted molar refractivity (Wildman–Crippen MR) is 44.8 cm³/mol. The first-order valence-corrected chi connectivity index (χ1v) is 2.05. The van der Waals surface area contributed by atoms with Crippen molar-refractivity contribution in [3.05, 3.63) is 22.3 Å². The van der Waals surface area contributed by atoms with Gasteiger partial charge >= 0.3 is 0 Å². The maximum atomic E-state index is 7.57. The van der Waals surface area contributed by atoms with Crippen molar-refractivity contribution in [1.82, 2.24) is 0 Å². The molecule has 0 fully saturated rings. The van der Waals surface area contributed by atoms with Gasteiger partial charge in [0.2, 0.25) is 0 Å². The first-order valence-electron chi connectivity index (χ1n) is 2.05. The number of aliphatic hydroxyl groups excluding tert-OH is 2. The molecule has 0 unspecified atom stereocenters. The van der Waals surface area contributed by atoms with E-state index in [0.29, 0.717) is 0 Å². The second kappa shape index (κ2) is 102. The Morgan fingerprint density at radius 1 is 0.800 bits per heavy atom.